The molecule has 1 aromatic carbocycles. The largest absolute Gasteiger partial charge is 0.389 e. The summed E-state index contributed by atoms with van der Waals surface area (Å²) in [6, 6.07) is 11.5. The van der Waals surface area contributed by atoms with E-state index in [1.807, 2.05) is 4.57 Å². The molecule has 10 nitrogen and oxygen atoms in total. The summed E-state index contributed by atoms with van der Waals surface area (Å²) in [5.74, 6) is -2.15. The number of alkyl halides is 3. The van der Waals surface area contributed by atoms with E-state index in [9.17, 15) is 31.5 Å². The van der Waals surface area contributed by atoms with Gasteiger partial charge in [0.15, 0.2) is 11.5 Å². The number of piperidine rings is 1. The van der Waals surface area contributed by atoms with Gasteiger partial charge in [0.2, 0.25) is 11.9 Å². The molecule has 0 saturated carbocycles. The molecule has 1 aliphatic heterocycles. The number of hydrogen-bond acceptors (Lipinski definition) is 6. The van der Waals surface area contributed by atoms with Crippen LogP contribution in [-0.2, 0) is 4.79 Å². The highest BCUT2D eigenvalue weighted by molar-refractivity contribution is 6.03. The zero-order valence-corrected chi connectivity index (χ0v) is 23.5. The second-order valence-electron chi connectivity index (χ2n) is 10.6. The van der Waals surface area contributed by atoms with Crippen molar-refractivity contribution >= 4 is 23.3 Å². The van der Waals surface area contributed by atoms with E-state index in [-0.39, 0.29) is 30.5 Å². The summed E-state index contributed by atoms with van der Waals surface area (Å²) in [6.45, 7) is 0.562. The van der Waals surface area contributed by atoms with E-state index < -0.39 is 42.6 Å². The van der Waals surface area contributed by atoms with Crippen molar-refractivity contribution in [3.8, 4) is 22.6 Å². The second kappa shape index (κ2) is 12.1. The molecule has 1 saturated heterocycles. The number of nitrogens with one attached hydrogen (secondary N) is 1. The minimum absolute atomic E-state index is 0.0640. The monoisotopic (exact) mass is 624 g/mol. The third-order valence-corrected chi connectivity index (χ3v) is 7.54. The maximum Gasteiger partial charge on any atom is 0.389 e. The SMILES string of the molecule is O=C(Nc1cn2nc(-c3c(-c4ccc(F)cc4)ncn3C3CCN(C(=O)CCC(F)(F)F)CC3)ccc2n1)c1ccnc(F)c1. The number of imidazole rings is 2. The Hall–Kier alpha value is -5.21. The summed E-state index contributed by atoms with van der Waals surface area (Å²) in [7, 11) is 0. The number of carbonyl (C=O) groups is 2. The van der Waals surface area contributed by atoms with Gasteiger partial charge in [-0.15, -0.1) is 0 Å². The number of pyridine rings is 1. The molecule has 45 heavy (non-hydrogen) atoms. The fourth-order valence-electron chi connectivity index (χ4n) is 5.31. The number of carbonyl (C=O) groups excluding carboxylic acids is 2. The smallest absolute Gasteiger partial charge is 0.343 e. The Bertz CT molecular complexity index is 1860. The van der Waals surface area contributed by atoms with Gasteiger partial charge in [-0.3, -0.25) is 9.59 Å². The molecule has 2 amide bonds. The van der Waals surface area contributed by atoms with Gasteiger partial charge >= 0.3 is 6.18 Å². The van der Waals surface area contributed by atoms with Crippen molar-refractivity contribution in [3.63, 3.8) is 0 Å². The molecule has 0 bridgehead atoms. The van der Waals surface area contributed by atoms with E-state index in [0.29, 0.717) is 41.1 Å². The van der Waals surface area contributed by atoms with Crippen molar-refractivity contribution in [3.05, 3.63) is 84.6 Å². The predicted molar refractivity (Wildman–Crippen MR) is 152 cm³/mol. The Kier molecular flexibility index (Phi) is 7.99. The van der Waals surface area contributed by atoms with Gasteiger partial charge in [-0.1, -0.05) is 0 Å². The highest BCUT2D eigenvalue weighted by atomic mass is 19.4. The van der Waals surface area contributed by atoms with Crippen molar-refractivity contribution in [2.75, 3.05) is 18.4 Å². The maximum absolute atomic E-state index is 13.7. The zero-order valence-electron chi connectivity index (χ0n) is 23.5. The van der Waals surface area contributed by atoms with Gasteiger partial charge < -0.3 is 14.8 Å². The number of fused-ring (bicyclic) bond motifs is 1. The summed E-state index contributed by atoms with van der Waals surface area (Å²) in [6.07, 6.45) is -0.877. The zero-order chi connectivity index (χ0) is 31.7. The molecule has 1 fully saturated rings. The lowest BCUT2D eigenvalue weighted by atomic mass is 10.0. The van der Waals surface area contributed by atoms with Crippen LogP contribution in [0.15, 0.2) is 67.3 Å². The number of amides is 2. The van der Waals surface area contributed by atoms with Crippen molar-refractivity contribution < 1.29 is 31.5 Å². The average Bonchev–Trinajstić information content (AvgIpc) is 3.64. The predicted octanol–water partition coefficient (Wildman–Crippen LogP) is 5.69. The summed E-state index contributed by atoms with van der Waals surface area (Å²) in [5, 5.41) is 7.32. The van der Waals surface area contributed by atoms with Crippen molar-refractivity contribution in [2.24, 2.45) is 0 Å². The molecule has 15 heteroatoms. The van der Waals surface area contributed by atoms with Crippen LogP contribution >= 0.6 is 0 Å². The quantitative estimate of drug-likeness (QED) is 0.184. The first-order chi connectivity index (χ1) is 21.5. The van der Waals surface area contributed by atoms with Crippen LogP contribution in [0.2, 0.25) is 0 Å². The van der Waals surface area contributed by atoms with Crippen LogP contribution in [0.3, 0.4) is 0 Å². The van der Waals surface area contributed by atoms with Crippen LogP contribution in [0.1, 0.15) is 42.1 Å². The van der Waals surface area contributed by atoms with E-state index in [0.717, 1.165) is 6.07 Å². The van der Waals surface area contributed by atoms with Gasteiger partial charge in [-0.25, -0.2) is 23.9 Å². The Labute approximate surface area is 252 Å². The molecule has 5 heterocycles. The fraction of sp³-hybridized carbons (Fsp3) is 0.267. The second-order valence-corrected chi connectivity index (χ2v) is 10.6. The van der Waals surface area contributed by atoms with Crippen LogP contribution < -0.4 is 5.32 Å². The Morgan fingerprint density at radius 3 is 2.44 bits per heavy atom. The van der Waals surface area contributed by atoms with E-state index in [1.54, 1.807) is 30.6 Å². The van der Waals surface area contributed by atoms with E-state index >= 15 is 0 Å². The first-order valence-corrected chi connectivity index (χ1v) is 14.0. The van der Waals surface area contributed by atoms with Gasteiger partial charge in [0.05, 0.1) is 30.3 Å². The molecular weight excluding hydrogens is 599 g/mol. The minimum Gasteiger partial charge on any atom is -0.343 e. The molecule has 0 unspecified atom stereocenters. The highest BCUT2D eigenvalue weighted by Crippen LogP contribution is 2.36. The lowest BCUT2D eigenvalue weighted by Crippen LogP contribution is -2.39. The highest BCUT2D eigenvalue weighted by Gasteiger charge is 2.31. The molecule has 6 rings (SSSR count). The lowest BCUT2D eigenvalue weighted by molar-refractivity contribution is -0.149. The third kappa shape index (κ3) is 6.66. The standard InChI is InChI=1S/C30H25F5N8O2/c31-20-3-1-18(2-4-20)27-28(42(17-37-27)21-9-13-41(14-10-21)26(44)7-11-30(33,34)35)22-5-6-25-38-24(16-43(25)40-22)39-29(45)19-8-12-36-23(32)15-19/h1-6,8,12,15-17,21H,7,9-11,13-14H2,(H,39,45). The molecule has 1 N–H and O–H groups in total. The first kappa shape index (κ1) is 29.8. The van der Waals surface area contributed by atoms with Crippen molar-refractivity contribution in [1.29, 1.82) is 0 Å². The van der Waals surface area contributed by atoms with Crippen molar-refractivity contribution in [1.82, 2.24) is 34.0 Å². The molecular formula is C30H25F5N8O2. The maximum atomic E-state index is 13.7. The van der Waals surface area contributed by atoms with E-state index in [1.165, 1.54) is 40.0 Å². The molecule has 1 aliphatic rings. The molecule has 0 radical (unpaired) electrons. The number of anilines is 1. The van der Waals surface area contributed by atoms with Gasteiger partial charge in [0.1, 0.15) is 11.5 Å². The normalized spacial score (nSPS) is 14.2. The number of benzene rings is 1. The molecule has 0 atom stereocenters. The minimum atomic E-state index is -4.40. The number of likely N-dealkylation sites (tertiary alicyclic amines) is 1. The molecule has 4 aromatic heterocycles. The molecule has 5 aromatic rings. The van der Waals surface area contributed by atoms with Gasteiger partial charge in [-0.2, -0.15) is 22.7 Å². The average molecular weight is 625 g/mol. The first-order valence-electron chi connectivity index (χ1n) is 14.0. The van der Waals surface area contributed by atoms with Crippen LogP contribution in [0.5, 0.6) is 0 Å². The molecule has 232 valence electrons. The Morgan fingerprint density at radius 1 is 0.978 bits per heavy atom. The van der Waals surface area contributed by atoms with Crippen LogP contribution in [0.25, 0.3) is 28.3 Å². The number of hydrogen-bond donors (Lipinski definition) is 1. The Balaban J connectivity index is 1.28. The molecule has 0 aliphatic carbocycles. The van der Waals surface area contributed by atoms with Gasteiger partial charge in [-0.05, 0) is 55.3 Å². The van der Waals surface area contributed by atoms with Crippen molar-refractivity contribution in [2.45, 2.75) is 37.9 Å². The number of nitrogens with zero attached hydrogens (tertiary/aromatic N) is 7. The number of rotatable bonds is 7. The van der Waals surface area contributed by atoms with E-state index in [2.05, 4.69) is 20.3 Å². The number of aromatic nitrogens is 6. The van der Waals surface area contributed by atoms with Crippen LogP contribution in [-0.4, -0.2) is 65.1 Å². The summed E-state index contributed by atoms with van der Waals surface area (Å²) in [4.78, 5) is 38.9. The molecule has 0 spiro atoms. The van der Waals surface area contributed by atoms with Crippen LogP contribution in [0, 0.1) is 11.8 Å². The van der Waals surface area contributed by atoms with Crippen LogP contribution in [0.4, 0.5) is 27.8 Å². The number of halogens is 5. The van der Waals surface area contributed by atoms with Gasteiger partial charge in [0, 0.05) is 48.9 Å². The van der Waals surface area contributed by atoms with E-state index in [4.69, 9.17) is 5.10 Å². The van der Waals surface area contributed by atoms with Gasteiger partial charge in [0.25, 0.3) is 5.91 Å². The third-order valence-electron chi connectivity index (χ3n) is 7.54. The fourth-order valence-corrected chi connectivity index (χ4v) is 5.31. The lowest BCUT2D eigenvalue weighted by Gasteiger charge is -2.33. The summed E-state index contributed by atoms with van der Waals surface area (Å²) >= 11 is 0. The topological polar surface area (TPSA) is 110 Å². The summed E-state index contributed by atoms with van der Waals surface area (Å²) < 4.78 is 68.5. The Morgan fingerprint density at radius 2 is 1.73 bits per heavy atom. The summed E-state index contributed by atoms with van der Waals surface area (Å²) in [5.41, 5.74) is 2.73.